The number of anilines is 1. The normalized spacial score (nSPS) is 10.2. The number of esters is 1. The van der Waals surface area contributed by atoms with E-state index in [1.165, 1.54) is 12.1 Å². The van der Waals surface area contributed by atoms with Gasteiger partial charge in [0.1, 0.15) is 0 Å². The second kappa shape index (κ2) is 7.85. The van der Waals surface area contributed by atoms with Gasteiger partial charge in [-0.3, -0.25) is 4.79 Å². The number of benzene rings is 2. The molecule has 3 N–H and O–H groups in total. The molecule has 2 aromatic carbocycles. The number of hydrogen-bond donors (Lipinski definition) is 2. The molecule has 0 aliphatic heterocycles. The molecule has 0 saturated carbocycles. The van der Waals surface area contributed by atoms with Crippen LogP contribution >= 0.6 is 23.2 Å². The van der Waals surface area contributed by atoms with Crippen LogP contribution < -0.4 is 11.1 Å². The minimum Gasteiger partial charge on any atom is -0.452 e. The molecule has 7 heteroatoms. The van der Waals surface area contributed by atoms with Gasteiger partial charge < -0.3 is 15.8 Å². The Labute approximate surface area is 143 Å². The first-order valence-corrected chi connectivity index (χ1v) is 7.44. The Balaban J connectivity index is 1.81. The molecule has 0 spiro atoms. The van der Waals surface area contributed by atoms with E-state index in [-0.39, 0.29) is 13.2 Å². The van der Waals surface area contributed by atoms with Crippen LogP contribution in [0.3, 0.4) is 0 Å². The van der Waals surface area contributed by atoms with E-state index in [0.29, 0.717) is 26.9 Å². The molecule has 0 radical (unpaired) electrons. The maximum absolute atomic E-state index is 11.7. The zero-order valence-corrected chi connectivity index (χ0v) is 13.5. The highest BCUT2D eigenvalue weighted by Crippen LogP contribution is 2.20. The summed E-state index contributed by atoms with van der Waals surface area (Å²) in [6, 6.07) is 11.2. The lowest BCUT2D eigenvalue weighted by molar-refractivity contribution is -0.124. The van der Waals surface area contributed by atoms with Gasteiger partial charge in [0.15, 0.2) is 6.61 Å². The van der Waals surface area contributed by atoms with Crippen LogP contribution in [0.4, 0.5) is 5.69 Å². The fourth-order valence-electron chi connectivity index (χ4n) is 1.74. The highest BCUT2D eigenvalue weighted by Gasteiger charge is 2.10. The smallest absolute Gasteiger partial charge is 0.338 e. The number of nitrogen functional groups attached to an aromatic ring is 1. The van der Waals surface area contributed by atoms with E-state index in [4.69, 9.17) is 33.7 Å². The Kier molecular flexibility index (Phi) is 5.84. The van der Waals surface area contributed by atoms with Crippen molar-refractivity contribution >= 4 is 40.8 Å². The third-order valence-corrected chi connectivity index (χ3v) is 3.56. The molecule has 0 unspecified atom stereocenters. The molecule has 0 aromatic heterocycles. The van der Waals surface area contributed by atoms with Crippen LogP contribution in [0.25, 0.3) is 0 Å². The van der Waals surface area contributed by atoms with Crippen molar-refractivity contribution in [1.82, 2.24) is 5.32 Å². The van der Waals surface area contributed by atoms with Gasteiger partial charge in [-0.05, 0) is 42.0 Å². The van der Waals surface area contributed by atoms with E-state index in [0.717, 1.165) is 0 Å². The van der Waals surface area contributed by atoms with Crippen molar-refractivity contribution in [3.05, 3.63) is 63.6 Å². The van der Waals surface area contributed by atoms with Crippen LogP contribution in [0.2, 0.25) is 10.0 Å². The number of carbonyl (C=O) groups excluding carboxylic acids is 2. The van der Waals surface area contributed by atoms with Gasteiger partial charge in [0.05, 0.1) is 5.56 Å². The molecule has 0 aliphatic carbocycles. The van der Waals surface area contributed by atoms with E-state index in [1.54, 1.807) is 30.3 Å². The molecular weight excluding hydrogens is 339 g/mol. The summed E-state index contributed by atoms with van der Waals surface area (Å²) < 4.78 is 4.92. The third kappa shape index (κ3) is 5.16. The van der Waals surface area contributed by atoms with E-state index < -0.39 is 11.9 Å². The quantitative estimate of drug-likeness (QED) is 0.640. The van der Waals surface area contributed by atoms with Crippen LogP contribution in [0.1, 0.15) is 15.9 Å². The number of amides is 1. The molecule has 2 aromatic rings. The van der Waals surface area contributed by atoms with Crippen molar-refractivity contribution in [3.8, 4) is 0 Å². The second-order valence-corrected chi connectivity index (χ2v) is 5.55. The summed E-state index contributed by atoms with van der Waals surface area (Å²) in [6.07, 6.45) is 0. The molecule has 0 bridgehead atoms. The lowest BCUT2D eigenvalue weighted by Crippen LogP contribution is -2.28. The van der Waals surface area contributed by atoms with E-state index >= 15 is 0 Å². The number of carbonyl (C=O) groups is 2. The fraction of sp³-hybridized carbons (Fsp3) is 0.125. The Morgan fingerprint density at radius 1 is 1.09 bits per heavy atom. The maximum atomic E-state index is 11.7. The lowest BCUT2D eigenvalue weighted by Gasteiger charge is -2.08. The second-order valence-electron chi connectivity index (χ2n) is 4.71. The molecule has 0 aliphatic rings. The minimum atomic E-state index is -0.593. The van der Waals surface area contributed by atoms with Crippen molar-refractivity contribution in [1.29, 1.82) is 0 Å². The number of ether oxygens (including phenoxy) is 1. The monoisotopic (exact) mass is 352 g/mol. The predicted octanol–water partition coefficient (Wildman–Crippen LogP) is 3.05. The van der Waals surface area contributed by atoms with Crippen LogP contribution in [-0.4, -0.2) is 18.5 Å². The Hall–Kier alpha value is -2.24. The van der Waals surface area contributed by atoms with Crippen LogP contribution in [0.15, 0.2) is 42.5 Å². The van der Waals surface area contributed by atoms with Gasteiger partial charge in [-0.1, -0.05) is 29.3 Å². The van der Waals surface area contributed by atoms with E-state index in [1.807, 2.05) is 0 Å². The lowest BCUT2D eigenvalue weighted by atomic mass is 10.2. The summed E-state index contributed by atoms with van der Waals surface area (Å²) in [5.41, 5.74) is 7.11. The van der Waals surface area contributed by atoms with Gasteiger partial charge in [-0.25, -0.2) is 4.79 Å². The summed E-state index contributed by atoms with van der Waals surface area (Å²) >= 11 is 11.8. The summed E-state index contributed by atoms with van der Waals surface area (Å²) in [7, 11) is 0. The van der Waals surface area contributed by atoms with Crippen molar-refractivity contribution < 1.29 is 14.3 Å². The van der Waals surface area contributed by atoms with Gasteiger partial charge >= 0.3 is 5.97 Å². The highest BCUT2D eigenvalue weighted by molar-refractivity contribution is 6.35. The minimum absolute atomic E-state index is 0.217. The summed E-state index contributed by atoms with van der Waals surface area (Å²) in [5, 5.41) is 3.58. The van der Waals surface area contributed by atoms with Crippen molar-refractivity contribution in [2.24, 2.45) is 0 Å². The molecule has 0 fully saturated rings. The summed E-state index contributed by atoms with van der Waals surface area (Å²) in [5.74, 6) is -1.02. The number of rotatable bonds is 5. The number of nitrogens with two attached hydrogens (primary N) is 1. The molecule has 23 heavy (non-hydrogen) atoms. The van der Waals surface area contributed by atoms with Crippen molar-refractivity contribution in [2.75, 3.05) is 12.3 Å². The van der Waals surface area contributed by atoms with Crippen LogP contribution in [0, 0.1) is 0 Å². The predicted molar refractivity (Wildman–Crippen MR) is 89.4 cm³/mol. The highest BCUT2D eigenvalue weighted by atomic mass is 35.5. The van der Waals surface area contributed by atoms with E-state index in [9.17, 15) is 9.59 Å². The largest absolute Gasteiger partial charge is 0.452 e. The number of nitrogens with one attached hydrogen (secondary N) is 1. The fourth-order valence-corrected chi connectivity index (χ4v) is 2.22. The topological polar surface area (TPSA) is 81.4 Å². The van der Waals surface area contributed by atoms with Crippen LogP contribution in [-0.2, 0) is 16.1 Å². The van der Waals surface area contributed by atoms with Crippen LogP contribution in [0.5, 0.6) is 0 Å². The van der Waals surface area contributed by atoms with Gasteiger partial charge in [0.25, 0.3) is 5.91 Å². The summed E-state index contributed by atoms with van der Waals surface area (Å²) in [4.78, 5) is 23.5. The maximum Gasteiger partial charge on any atom is 0.338 e. The number of hydrogen-bond acceptors (Lipinski definition) is 4. The third-order valence-electron chi connectivity index (χ3n) is 2.97. The van der Waals surface area contributed by atoms with E-state index in [2.05, 4.69) is 5.32 Å². The first-order chi connectivity index (χ1) is 11.0. The first-order valence-electron chi connectivity index (χ1n) is 6.69. The SMILES string of the molecule is Nc1ccc(C(=O)OCC(=O)NCc2ccc(Cl)cc2Cl)cc1. The van der Waals surface area contributed by atoms with Gasteiger partial charge in [-0.2, -0.15) is 0 Å². The Morgan fingerprint density at radius 2 is 1.78 bits per heavy atom. The average Bonchev–Trinajstić information content (AvgIpc) is 2.52. The molecule has 0 atom stereocenters. The standard InChI is InChI=1S/C16H14Cl2N2O3/c17-12-4-1-11(14(18)7-12)8-20-15(21)9-23-16(22)10-2-5-13(19)6-3-10/h1-7H,8-9,19H2,(H,20,21). The average molecular weight is 353 g/mol. The molecular formula is C16H14Cl2N2O3. The van der Waals surface area contributed by atoms with Crippen molar-refractivity contribution in [3.63, 3.8) is 0 Å². The Morgan fingerprint density at radius 3 is 2.43 bits per heavy atom. The molecule has 0 saturated heterocycles. The zero-order chi connectivity index (χ0) is 16.8. The molecule has 1 amide bonds. The molecule has 2 rings (SSSR count). The molecule has 5 nitrogen and oxygen atoms in total. The Bertz CT molecular complexity index is 718. The summed E-state index contributed by atoms with van der Waals surface area (Å²) in [6.45, 7) is -0.164. The zero-order valence-electron chi connectivity index (χ0n) is 12.0. The van der Waals surface area contributed by atoms with Crippen molar-refractivity contribution in [2.45, 2.75) is 6.54 Å². The van der Waals surface area contributed by atoms with Gasteiger partial charge in [0.2, 0.25) is 0 Å². The molecule has 0 heterocycles. The first kappa shape index (κ1) is 17.1. The van der Waals surface area contributed by atoms with Gasteiger partial charge in [-0.15, -0.1) is 0 Å². The molecule has 120 valence electrons. The number of halogens is 2. The van der Waals surface area contributed by atoms with Gasteiger partial charge in [0, 0.05) is 22.3 Å².